The highest BCUT2D eigenvalue weighted by molar-refractivity contribution is 6.46. The average molecular weight is 491 g/mol. The van der Waals surface area contributed by atoms with Crippen molar-refractivity contribution in [1.82, 2.24) is 4.90 Å². The second-order valence-electron chi connectivity index (χ2n) is 8.02. The highest BCUT2D eigenvalue weighted by atomic mass is 19.1. The van der Waals surface area contributed by atoms with E-state index in [0.29, 0.717) is 16.9 Å². The molecule has 0 aromatic heterocycles. The van der Waals surface area contributed by atoms with E-state index in [-0.39, 0.29) is 29.0 Å². The van der Waals surface area contributed by atoms with E-state index in [1.807, 2.05) is 0 Å². The van der Waals surface area contributed by atoms with Crippen LogP contribution in [-0.4, -0.2) is 47.0 Å². The van der Waals surface area contributed by atoms with Crippen LogP contribution < -0.4 is 9.47 Å². The number of aromatic carboxylic acids is 1. The first-order valence-electron chi connectivity index (χ1n) is 10.8. The lowest BCUT2D eigenvalue weighted by Crippen LogP contribution is -2.29. The Balaban J connectivity index is 1.90. The molecule has 1 amide bonds. The molecule has 4 rings (SSSR count). The van der Waals surface area contributed by atoms with Gasteiger partial charge in [-0.1, -0.05) is 30.3 Å². The molecule has 0 spiro atoms. The Kier molecular flexibility index (Phi) is 6.73. The summed E-state index contributed by atoms with van der Waals surface area (Å²) in [6, 6.07) is 15.0. The van der Waals surface area contributed by atoms with E-state index >= 15 is 0 Å². The Hall–Kier alpha value is -4.66. The number of carbonyl (C=O) groups is 3. The number of nitrogens with zero attached hydrogens (tertiary/aromatic N) is 1. The first-order chi connectivity index (χ1) is 17.3. The van der Waals surface area contributed by atoms with Crippen LogP contribution in [0.2, 0.25) is 0 Å². The van der Waals surface area contributed by atoms with Gasteiger partial charge in [0.1, 0.15) is 23.1 Å². The number of amides is 1. The Morgan fingerprint density at radius 3 is 2.25 bits per heavy atom. The standard InChI is InChI=1S/C27H22FNO7/c1-35-20-6-4-3-5-18(20)23-22(24(30)19-13-17(28)11-12-21(19)36-2)25(31)26(32)29(23)14-15-7-9-16(10-8-15)27(33)34/h3-13,23,30H,14H2,1-2H3,(H,33,34)/b24-22+. The summed E-state index contributed by atoms with van der Waals surface area (Å²) in [4.78, 5) is 38.9. The van der Waals surface area contributed by atoms with Crippen LogP contribution in [0.4, 0.5) is 4.39 Å². The fourth-order valence-electron chi connectivity index (χ4n) is 4.22. The van der Waals surface area contributed by atoms with Gasteiger partial charge < -0.3 is 24.6 Å². The van der Waals surface area contributed by atoms with E-state index < -0.39 is 35.3 Å². The van der Waals surface area contributed by atoms with Crippen molar-refractivity contribution >= 4 is 23.4 Å². The van der Waals surface area contributed by atoms with Crippen LogP contribution in [0.15, 0.2) is 72.3 Å². The molecule has 0 radical (unpaired) electrons. The third kappa shape index (κ3) is 4.38. The van der Waals surface area contributed by atoms with Crippen molar-refractivity contribution in [2.45, 2.75) is 12.6 Å². The molecule has 1 atom stereocenters. The third-order valence-electron chi connectivity index (χ3n) is 5.94. The normalized spacial score (nSPS) is 16.8. The lowest BCUT2D eigenvalue weighted by molar-refractivity contribution is -0.140. The van der Waals surface area contributed by atoms with Gasteiger partial charge in [-0.25, -0.2) is 9.18 Å². The molecule has 9 heteroatoms. The number of hydrogen-bond donors (Lipinski definition) is 2. The van der Waals surface area contributed by atoms with Gasteiger partial charge in [-0.2, -0.15) is 0 Å². The summed E-state index contributed by atoms with van der Waals surface area (Å²) in [5, 5.41) is 20.4. The minimum Gasteiger partial charge on any atom is -0.507 e. The van der Waals surface area contributed by atoms with Gasteiger partial charge in [0.05, 0.1) is 37.0 Å². The molecule has 1 aliphatic rings. The molecule has 8 nitrogen and oxygen atoms in total. The highest BCUT2D eigenvalue weighted by Crippen LogP contribution is 2.44. The fraction of sp³-hybridized carbons (Fsp3) is 0.148. The number of likely N-dealkylation sites (tertiary alicyclic amines) is 1. The molecular weight excluding hydrogens is 469 g/mol. The van der Waals surface area contributed by atoms with Crippen molar-refractivity contribution in [3.63, 3.8) is 0 Å². The van der Waals surface area contributed by atoms with Gasteiger partial charge in [0.25, 0.3) is 11.7 Å². The molecule has 0 saturated carbocycles. The summed E-state index contributed by atoms with van der Waals surface area (Å²) in [6.07, 6.45) is 0. The van der Waals surface area contributed by atoms with Crippen molar-refractivity contribution in [1.29, 1.82) is 0 Å². The van der Waals surface area contributed by atoms with E-state index in [9.17, 15) is 23.9 Å². The monoisotopic (exact) mass is 491 g/mol. The molecule has 1 saturated heterocycles. The number of Topliss-reactive ketones (excluding diaryl/α,β-unsaturated/α-hetero) is 1. The zero-order chi connectivity index (χ0) is 26.0. The predicted octanol–water partition coefficient (Wildman–Crippen LogP) is 4.16. The SMILES string of the molecule is COc1ccc(F)cc1/C(O)=C1\C(=O)C(=O)N(Cc2ccc(C(=O)O)cc2)C1c1ccccc1OC. The van der Waals surface area contributed by atoms with Crippen LogP contribution in [0.25, 0.3) is 5.76 Å². The molecule has 0 aliphatic carbocycles. The topological polar surface area (TPSA) is 113 Å². The van der Waals surface area contributed by atoms with Gasteiger partial charge in [0.15, 0.2) is 0 Å². The second-order valence-corrected chi connectivity index (χ2v) is 8.02. The summed E-state index contributed by atoms with van der Waals surface area (Å²) >= 11 is 0. The molecule has 2 N–H and O–H groups in total. The van der Waals surface area contributed by atoms with Crippen LogP contribution >= 0.6 is 0 Å². The number of ether oxygens (including phenoxy) is 2. The minimum atomic E-state index is -1.10. The Morgan fingerprint density at radius 1 is 0.944 bits per heavy atom. The Labute approximate surface area is 205 Å². The van der Waals surface area contributed by atoms with Crippen molar-refractivity contribution in [3.8, 4) is 11.5 Å². The summed E-state index contributed by atoms with van der Waals surface area (Å²) in [5.41, 5.74) is 0.723. The lowest BCUT2D eigenvalue weighted by atomic mass is 9.94. The molecule has 1 fully saturated rings. The number of para-hydroxylation sites is 1. The number of carboxylic acid groups (broad SMARTS) is 1. The number of halogens is 1. The maximum absolute atomic E-state index is 14.1. The Bertz CT molecular complexity index is 1380. The number of carboxylic acids is 1. The number of aliphatic hydroxyl groups excluding tert-OH is 1. The number of methoxy groups -OCH3 is 2. The first kappa shape index (κ1) is 24.5. The number of rotatable bonds is 7. The van der Waals surface area contributed by atoms with Gasteiger partial charge >= 0.3 is 5.97 Å². The zero-order valence-corrected chi connectivity index (χ0v) is 19.4. The molecule has 3 aromatic carbocycles. The van der Waals surface area contributed by atoms with Crippen molar-refractivity contribution in [2.24, 2.45) is 0 Å². The maximum atomic E-state index is 14.1. The minimum absolute atomic E-state index is 0.0652. The highest BCUT2D eigenvalue weighted by Gasteiger charge is 2.47. The fourth-order valence-corrected chi connectivity index (χ4v) is 4.22. The molecular formula is C27H22FNO7. The number of carbonyl (C=O) groups excluding carboxylic acids is 2. The lowest BCUT2D eigenvalue weighted by Gasteiger charge is -2.26. The van der Waals surface area contributed by atoms with Crippen LogP contribution in [0, 0.1) is 5.82 Å². The molecule has 1 aliphatic heterocycles. The quantitative estimate of drug-likeness (QED) is 0.290. The van der Waals surface area contributed by atoms with Crippen molar-refractivity contribution in [3.05, 3.63) is 100 Å². The summed E-state index contributed by atoms with van der Waals surface area (Å²) in [6.45, 7) is -0.0652. The first-order valence-corrected chi connectivity index (χ1v) is 10.8. The molecule has 1 heterocycles. The van der Waals surface area contributed by atoms with Gasteiger partial charge in [-0.15, -0.1) is 0 Å². The van der Waals surface area contributed by atoms with Crippen molar-refractivity contribution < 1.29 is 38.5 Å². The zero-order valence-electron chi connectivity index (χ0n) is 19.4. The van der Waals surface area contributed by atoms with Crippen LogP contribution in [0.3, 0.4) is 0 Å². The molecule has 1 unspecified atom stereocenters. The van der Waals surface area contributed by atoms with Crippen LogP contribution in [0.5, 0.6) is 11.5 Å². The number of aliphatic hydroxyl groups is 1. The number of ketones is 1. The smallest absolute Gasteiger partial charge is 0.335 e. The summed E-state index contributed by atoms with van der Waals surface area (Å²) < 4.78 is 24.8. The number of benzene rings is 3. The van der Waals surface area contributed by atoms with E-state index in [0.717, 1.165) is 12.1 Å². The predicted molar refractivity (Wildman–Crippen MR) is 127 cm³/mol. The molecule has 36 heavy (non-hydrogen) atoms. The number of hydrogen-bond acceptors (Lipinski definition) is 6. The second kappa shape index (κ2) is 9.91. The third-order valence-corrected chi connectivity index (χ3v) is 5.94. The molecule has 3 aromatic rings. The van der Waals surface area contributed by atoms with Gasteiger partial charge in [0.2, 0.25) is 0 Å². The van der Waals surface area contributed by atoms with E-state index in [4.69, 9.17) is 14.6 Å². The molecule has 184 valence electrons. The van der Waals surface area contributed by atoms with Gasteiger partial charge in [-0.3, -0.25) is 9.59 Å². The Morgan fingerprint density at radius 2 is 1.61 bits per heavy atom. The maximum Gasteiger partial charge on any atom is 0.335 e. The summed E-state index contributed by atoms with van der Waals surface area (Å²) in [5.74, 6) is -3.72. The van der Waals surface area contributed by atoms with Crippen LogP contribution in [0.1, 0.15) is 33.1 Å². The largest absolute Gasteiger partial charge is 0.507 e. The van der Waals surface area contributed by atoms with Gasteiger partial charge in [0, 0.05) is 12.1 Å². The average Bonchev–Trinajstić information content (AvgIpc) is 3.13. The molecule has 0 bridgehead atoms. The van der Waals surface area contributed by atoms with Crippen molar-refractivity contribution in [2.75, 3.05) is 14.2 Å². The summed E-state index contributed by atoms with van der Waals surface area (Å²) in [7, 11) is 2.77. The van der Waals surface area contributed by atoms with E-state index in [2.05, 4.69) is 0 Å². The van der Waals surface area contributed by atoms with E-state index in [1.54, 1.807) is 24.3 Å². The van der Waals surface area contributed by atoms with Gasteiger partial charge in [-0.05, 0) is 42.0 Å². The van der Waals surface area contributed by atoms with E-state index in [1.165, 1.54) is 49.5 Å². The van der Waals surface area contributed by atoms with Crippen LogP contribution in [-0.2, 0) is 16.1 Å².